The van der Waals surface area contributed by atoms with Gasteiger partial charge in [0.05, 0.1) is 0 Å². The van der Waals surface area contributed by atoms with Crippen molar-refractivity contribution in [1.82, 2.24) is 15.0 Å². The molecule has 0 aliphatic carbocycles. The topological polar surface area (TPSA) is 98.6 Å². The second kappa shape index (κ2) is 10.8. The van der Waals surface area contributed by atoms with Crippen molar-refractivity contribution >= 4 is 154 Å². The normalized spacial score (nSPS) is 7.00. The van der Waals surface area contributed by atoms with Crippen LogP contribution in [0.15, 0.2) is 14.4 Å². The Hall–Kier alpha value is 3.32. The Morgan fingerprint density at radius 3 is 0.917 bits per heavy atom. The molecule has 0 bridgehead atoms. The molecule has 3 radical (unpaired) electrons. The fourth-order valence-corrected chi connectivity index (χ4v) is 0.403. The van der Waals surface area contributed by atoms with Crippen molar-refractivity contribution in [3.63, 3.8) is 0 Å². The monoisotopic (exact) mass is 246 g/mol. The van der Waals surface area contributed by atoms with Crippen molar-refractivity contribution in [2.75, 3.05) is 0 Å². The number of rotatable bonds is 0. The standard InChI is InChI=1S/C3H3N3O3.3K/c7-1-4-2(8)6-3(9)5-1;;;/h(H3,4,5,6,7,8,9);;;. The predicted molar refractivity (Wildman–Crippen MR) is 45.6 cm³/mol. The molecule has 0 aliphatic rings. The second-order valence-electron chi connectivity index (χ2n) is 1.36. The van der Waals surface area contributed by atoms with E-state index in [1.54, 1.807) is 15.0 Å². The number of nitrogens with one attached hydrogen (secondary N) is 3. The molecular weight excluding hydrogens is 243 g/mol. The molecule has 0 saturated heterocycles. The minimum absolute atomic E-state index is 0. The summed E-state index contributed by atoms with van der Waals surface area (Å²) in [5.74, 6) is 0. The summed E-state index contributed by atoms with van der Waals surface area (Å²) in [5.41, 5.74) is -2.41. The maximum absolute atomic E-state index is 10.2. The molecule has 0 saturated carbocycles. The maximum atomic E-state index is 10.2. The second-order valence-corrected chi connectivity index (χ2v) is 1.36. The summed E-state index contributed by atoms with van der Waals surface area (Å²) in [7, 11) is 0. The van der Waals surface area contributed by atoms with E-state index >= 15 is 0 Å². The first-order valence-electron chi connectivity index (χ1n) is 2.11. The molecule has 0 aromatic carbocycles. The number of hydrogen-bond donors (Lipinski definition) is 3. The van der Waals surface area contributed by atoms with Crippen LogP contribution < -0.4 is 17.1 Å². The quantitative estimate of drug-likeness (QED) is 0.416. The minimum atomic E-state index is -0.802. The van der Waals surface area contributed by atoms with Crippen LogP contribution in [-0.4, -0.2) is 169 Å². The van der Waals surface area contributed by atoms with Gasteiger partial charge in [0.2, 0.25) is 0 Å². The van der Waals surface area contributed by atoms with Gasteiger partial charge in [-0.25, -0.2) is 14.4 Å². The summed E-state index contributed by atoms with van der Waals surface area (Å²) in [4.78, 5) is 35.9. The molecule has 0 atom stereocenters. The van der Waals surface area contributed by atoms with E-state index in [2.05, 4.69) is 0 Å². The maximum Gasteiger partial charge on any atom is 0.330 e. The molecule has 1 aromatic heterocycles. The van der Waals surface area contributed by atoms with E-state index < -0.39 is 17.1 Å². The van der Waals surface area contributed by atoms with Crippen LogP contribution in [0.4, 0.5) is 0 Å². The van der Waals surface area contributed by atoms with Crippen LogP contribution >= 0.6 is 0 Å². The largest absolute Gasteiger partial charge is 0.330 e. The summed E-state index contributed by atoms with van der Waals surface area (Å²) in [6, 6.07) is 0. The minimum Gasteiger partial charge on any atom is -0.259 e. The number of hydrogen-bond acceptors (Lipinski definition) is 3. The molecule has 12 heavy (non-hydrogen) atoms. The van der Waals surface area contributed by atoms with Gasteiger partial charge in [-0.05, 0) is 0 Å². The van der Waals surface area contributed by atoms with Crippen LogP contribution in [0, 0.1) is 0 Å². The average molecular weight is 246 g/mol. The van der Waals surface area contributed by atoms with Crippen molar-refractivity contribution in [3.8, 4) is 0 Å². The van der Waals surface area contributed by atoms with Gasteiger partial charge in [-0.3, -0.25) is 15.0 Å². The van der Waals surface area contributed by atoms with E-state index in [1.807, 2.05) is 0 Å². The number of H-pyrrole nitrogens is 3. The van der Waals surface area contributed by atoms with Gasteiger partial charge in [0.1, 0.15) is 0 Å². The summed E-state index contributed by atoms with van der Waals surface area (Å²) in [5, 5.41) is 0. The molecule has 3 N–H and O–H groups in total. The van der Waals surface area contributed by atoms with Gasteiger partial charge >= 0.3 is 17.1 Å². The molecule has 6 nitrogen and oxygen atoms in total. The third kappa shape index (κ3) is 8.61. The first kappa shape index (κ1) is 20.7. The van der Waals surface area contributed by atoms with Gasteiger partial charge < -0.3 is 0 Å². The average Bonchev–Trinajstić information content (AvgIpc) is 1.59. The molecule has 0 unspecified atom stereocenters. The molecule has 51 valence electrons. The van der Waals surface area contributed by atoms with E-state index in [0.29, 0.717) is 0 Å². The number of aromatic nitrogens is 3. The van der Waals surface area contributed by atoms with Crippen LogP contribution in [-0.2, 0) is 0 Å². The van der Waals surface area contributed by atoms with Crippen molar-refractivity contribution in [1.29, 1.82) is 0 Å². The fraction of sp³-hybridized carbons (Fsp3) is 0. The molecule has 1 aromatic rings. The van der Waals surface area contributed by atoms with E-state index in [0.717, 1.165) is 0 Å². The molecule has 0 spiro atoms. The zero-order valence-electron chi connectivity index (χ0n) is 7.22. The Morgan fingerprint density at radius 2 is 0.750 bits per heavy atom. The first-order valence-corrected chi connectivity index (χ1v) is 2.11. The molecule has 0 aliphatic heterocycles. The fourth-order valence-electron chi connectivity index (χ4n) is 0.403. The van der Waals surface area contributed by atoms with Crippen molar-refractivity contribution in [2.45, 2.75) is 0 Å². The SMILES string of the molecule is O=c1[nH]c(=O)[nH]c(=O)[nH]1.[K].[K].[K]. The molecule has 1 rings (SSSR count). The van der Waals surface area contributed by atoms with E-state index in [9.17, 15) is 14.4 Å². The van der Waals surface area contributed by atoms with Crippen molar-refractivity contribution in [3.05, 3.63) is 31.5 Å². The Labute approximate surface area is 194 Å². The molecular formula is C3H3K3N3O3. The van der Waals surface area contributed by atoms with Gasteiger partial charge in [0, 0.05) is 154 Å². The van der Waals surface area contributed by atoms with Gasteiger partial charge in [-0.2, -0.15) is 0 Å². The smallest absolute Gasteiger partial charge is 0.259 e. The van der Waals surface area contributed by atoms with Crippen LogP contribution in [0.25, 0.3) is 0 Å². The Morgan fingerprint density at radius 1 is 0.583 bits per heavy atom. The number of aromatic amines is 3. The zero-order valence-corrected chi connectivity index (χ0v) is 16.6. The molecule has 0 fully saturated rings. The van der Waals surface area contributed by atoms with Crippen molar-refractivity contribution in [2.24, 2.45) is 0 Å². The third-order valence-corrected chi connectivity index (χ3v) is 0.681. The predicted octanol–water partition coefficient (Wildman–Crippen LogP) is -3.39. The summed E-state index contributed by atoms with van der Waals surface area (Å²) >= 11 is 0. The van der Waals surface area contributed by atoms with Crippen LogP contribution in [0.3, 0.4) is 0 Å². The summed E-state index contributed by atoms with van der Waals surface area (Å²) < 4.78 is 0. The third-order valence-electron chi connectivity index (χ3n) is 0.681. The summed E-state index contributed by atoms with van der Waals surface area (Å²) in [6.07, 6.45) is 0. The van der Waals surface area contributed by atoms with E-state index in [-0.39, 0.29) is 154 Å². The van der Waals surface area contributed by atoms with E-state index in [1.165, 1.54) is 0 Å². The Balaban J connectivity index is -0.000000270. The van der Waals surface area contributed by atoms with Gasteiger partial charge in [-0.1, -0.05) is 0 Å². The Bertz CT molecular complexity index is 287. The first-order chi connectivity index (χ1) is 4.18. The van der Waals surface area contributed by atoms with Gasteiger partial charge in [-0.15, -0.1) is 0 Å². The Kier molecular flexibility index (Phi) is 18.7. The van der Waals surface area contributed by atoms with Crippen LogP contribution in [0.5, 0.6) is 0 Å². The van der Waals surface area contributed by atoms with Crippen LogP contribution in [0.2, 0.25) is 0 Å². The van der Waals surface area contributed by atoms with Gasteiger partial charge in [0.15, 0.2) is 0 Å². The van der Waals surface area contributed by atoms with Gasteiger partial charge in [0.25, 0.3) is 0 Å². The van der Waals surface area contributed by atoms with Crippen molar-refractivity contribution < 1.29 is 0 Å². The summed E-state index contributed by atoms with van der Waals surface area (Å²) in [6.45, 7) is 0. The van der Waals surface area contributed by atoms with Crippen LogP contribution in [0.1, 0.15) is 0 Å². The van der Waals surface area contributed by atoms with E-state index in [4.69, 9.17) is 0 Å². The molecule has 9 heteroatoms. The zero-order chi connectivity index (χ0) is 6.85. The molecule has 0 amide bonds. The molecule has 1 heterocycles.